The van der Waals surface area contributed by atoms with Gasteiger partial charge < -0.3 is 13.9 Å². The number of para-hydroxylation sites is 3. The molecule has 0 spiro atoms. The normalized spacial score (nSPS) is 13.0. The van der Waals surface area contributed by atoms with Gasteiger partial charge >= 0.3 is 0 Å². The first-order valence-electron chi connectivity index (χ1n) is 22.2. The van der Waals surface area contributed by atoms with Crippen molar-refractivity contribution in [3.05, 3.63) is 230 Å². The van der Waals surface area contributed by atoms with Crippen molar-refractivity contribution in [2.45, 2.75) is 19.3 Å². The second-order valence-corrected chi connectivity index (χ2v) is 17.7. The van der Waals surface area contributed by atoms with Crippen LogP contribution >= 0.6 is 0 Å². The summed E-state index contributed by atoms with van der Waals surface area (Å²) >= 11 is 0. The molecule has 0 bridgehead atoms. The van der Waals surface area contributed by atoms with Gasteiger partial charge in [0.1, 0.15) is 11.2 Å². The number of benzene rings is 10. The first-order valence-corrected chi connectivity index (χ1v) is 22.2. The molecular formula is C61H42N2O. The highest BCUT2D eigenvalue weighted by Crippen LogP contribution is 2.50. The predicted octanol–water partition coefficient (Wildman–Crippen LogP) is 16.9. The van der Waals surface area contributed by atoms with Crippen LogP contribution in [-0.2, 0) is 5.41 Å². The third-order valence-electron chi connectivity index (χ3n) is 13.8. The van der Waals surface area contributed by atoms with Gasteiger partial charge in [-0.25, -0.2) is 0 Å². The fourth-order valence-electron chi connectivity index (χ4n) is 10.7. The van der Waals surface area contributed by atoms with Gasteiger partial charge in [0.15, 0.2) is 0 Å². The molecule has 0 amide bonds. The molecule has 0 saturated heterocycles. The zero-order valence-electron chi connectivity index (χ0n) is 35.6. The maximum absolute atomic E-state index is 6.96. The molecule has 2 heterocycles. The molecule has 0 N–H and O–H groups in total. The van der Waals surface area contributed by atoms with E-state index >= 15 is 0 Å². The number of rotatable bonds is 6. The number of hydrogen-bond donors (Lipinski definition) is 0. The maximum atomic E-state index is 6.96. The van der Waals surface area contributed by atoms with Crippen molar-refractivity contribution in [3.8, 4) is 39.1 Å². The van der Waals surface area contributed by atoms with Crippen LogP contribution in [0, 0.1) is 0 Å². The molecular weight excluding hydrogens is 777 g/mol. The van der Waals surface area contributed by atoms with Gasteiger partial charge in [0.05, 0.1) is 22.1 Å². The molecule has 0 atom stereocenters. The molecule has 0 saturated carbocycles. The summed E-state index contributed by atoms with van der Waals surface area (Å²) in [5.41, 5.74) is 18.4. The highest BCUT2D eigenvalue weighted by atomic mass is 16.3. The van der Waals surface area contributed by atoms with E-state index in [1.54, 1.807) is 0 Å². The number of anilines is 3. The van der Waals surface area contributed by atoms with Gasteiger partial charge in [0, 0.05) is 44.2 Å². The highest BCUT2D eigenvalue weighted by molar-refractivity contribution is 6.17. The lowest BCUT2D eigenvalue weighted by Gasteiger charge is -2.27. The molecule has 0 fully saturated rings. The molecule has 2 aromatic heterocycles. The molecule has 1 aliphatic carbocycles. The Balaban J connectivity index is 0.978. The number of aromatic nitrogens is 1. The van der Waals surface area contributed by atoms with Gasteiger partial charge in [-0.1, -0.05) is 159 Å². The van der Waals surface area contributed by atoms with Crippen molar-refractivity contribution in [2.75, 3.05) is 4.90 Å². The Labute approximate surface area is 371 Å². The van der Waals surface area contributed by atoms with E-state index in [1.807, 2.05) is 0 Å². The summed E-state index contributed by atoms with van der Waals surface area (Å²) in [4.78, 5) is 2.40. The molecule has 302 valence electrons. The minimum absolute atomic E-state index is 0.0635. The molecule has 3 heteroatoms. The van der Waals surface area contributed by atoms with Crippen LogP contribution in [0.15, 0.2) is 223 Å². The second-order valence-electron chi connectivity index (χ2n) is 17.7. The van der Waals surface area contributed by atoms with Gasteiger partial charge in [-0.2, -0.15) is 0 Å². The Kier molecular flexibility index (Phi) is 7.95. The summed E-state index contributed by atoms with van der Waals surface area (Å²) in [5, 5.41) is 7.05. The standard InChI is InChI=1S/C61H42N2O/c1-61(2)53-22-9-5-18-48(53)49-33-29-42(38-54(49)61)40-26-30-44(31-27-40)62(46-32-28-39-14-3-4-15-41(39)36-46)57-35-34-47(60-59(57)52-21-8-12-25-58(52)64-60)43-16-13-17-45(37-43)63-55-23-10-6-19-50(55)51-20-7-11-24-56(51)63/h3-38H,1-2H3. The fraction of sp³-hybridized carbons (Fsp3) is 0.0492. The minimum atomic E-state index is -0.0635. The van der Waals surface area contributed by atoms with Crippen LogP contribution in [0.3, 0.4) is 0 Å². The lowest BCUT2D eigenvalue weighted by molar-refractivity contribution is 0.660. The number of hydrogen-bond acceptors (Lipinski definition) is 2. The number of nitrogens with zero attached hydrogens (tertiary/aromatic N) is 2. The van der Waals surface area contributed by atoms with Gasteiger partial charge in [-0.15, -0.1) is 0 Å². The topological polar surface area (TPSA) is 21.3 Å². The zero-order valence-corrected chi connectivity index (χ0v) is 35.6. The smallest absolute Gasteiger partial charge is 0.145 e. The zero-order chi connectivity index (χ0) is 42.5. The number of fused-ring (bicyclic) bond motifs is 10. The van der Waals surface area contributed by atoms with Crippen LogP contribution in [0.25, 0.3) is 93.6 Å². The fourth-order valence-corrected chi connectivity index (χ4v) is 10.7. The van der Waals surface area contributed by atoms with Crippen LogP contribution in [-0.4, -0.2) is 4.57 Å². The minimum Gasteiger partial charge on any atom is -0.455 e. The van der Waals surface area contributed by atoms with Crippen molar-refractivity contribution in [1.82, 2.24) is 4.57 Å². The largest absolute Gasteiger partial charge is 0.455 e. The SMILES string of the molecule is CC1(C)c2ccccc2-c2ccc(-c3ccc(N(c4ccc5ccccc5c4)c4ccc(-c5cccc(-n6c7ccccc7c7ccccc76)c5)c5oc6ccccc6c45)cc3)cc21. The van der Waals surface area contributed by atoms with Crippen molar-refractivity contribution in [3.63, 3.8) is 0 Å². The molecule has 0 unspecified atom stereocenters. The number of furan rings is 1. The summed E-state index contributed by atoms with van der Waals surface area (Å²) in [7, 11) is 0. The van der Waals surface area contributed by atoms with E-state index in [0.717, 1.165) is 55.8 Å². The Bertz CT molecular complexity index is 3770. The summed E-state index contributed by atoms with van der Waals surface area (Å²) in [6.45, 7) is 4.69. The van der Waals surface area contributed by atoms with Gasteiger partial charge in [0.2, 0.25) is 0 Å². The van der Waals surface area contributed by atoms with E-state index in [4.69, 9.17) is 4.42 Å². The van der Waals surface area contributed by atoms with Gasteiger partial charge in [-0.05, 0) is 123 Å². The third kappa shape index (κ3) is 5.47. The van der Waals surface area contributed by atoms with Crippen LogP contribution in [0.4, 0.5) is 17.1 Å². The summed E-state index contributed by atoms with van der Waals surface area (Å²) in [5.74, 6) is 0. The van der Waals surface area contributed by atoms with E-state index in [1.165, 1.54) is 66.0 Å². The third-order valence-corrected chi connectivity index (χ3v) is 13.8. The molecule has 0 aliphatic heterocycles. The lowest BCUT2D eigenvalue weighted by atomic mass is 9.81. The van der Waals surface area contributed by atoms with Crippen molar-refractivity contribution < 1.29 is 4.42 Å². The molecule has 1 aliphatic rings. The Morgan fingerprint density at radius 2 is 1.06 bits per heavy atom. The summed E-state index contributed by atoms with van der Waals surface area (Å²) in [6.07, 6.45) is 0. The molecule has 0 radical (unpaired) electrons. The molecule has 64 heavy (non-hydrogen) atoms. The van der Waals surface area contributed by atoms with Crippen LogP contribution in [0.2, 0.25) is 0 Å². The summed E-state index contributed by atoms with van der Waals surface area (Å²) in [6, 6.07) is 79.6. The average molecular weight is 819 g/mol. The molecule has 12 aromatic rings. The van der Waals surface area contributed by atoms with Crippen molar-refractivity contribution in [2.24, 2.45) is 0 Å². The molecule has 10 aromatic carbocycles. The van der Waals surface area contributed by atoms with Gasteiger partial charge in [-0.3, -0.25) is 0 Å². The van der Waals surface area contributed by atoms with Crippen molar-refractivity contribution >= 4 is 71.6 Å². The van der Waals surface area contributed by atoms with E-state index in [2.05, 4.69) is 242 Å². The quantitative estimate of drug-likeness (QED) is 0.167. The van der Waals surface area contributed by atoms with E-state index in [0.29, 0.717) is 0 Å². The molecule has 13 rings (SSSR count). The second kappa shape index (κ2) is 13.9. The Morgan fingerprint density at radius 3 is 1.88 bits per heavy atom. The first kappa shape index (κ1) is 36.5. The maximum Gasteiger partial charge on any atom is 0.145 e. The van der Waals surface area contributed by atoms with E-state index in [-0.39, 0.29) is 5.41 Å². The first-order chi connectivity index (χ1) is 31.5. The van der Waals surface area contributed by atoms with Crippen LogP contribution in [0.1, 0.15) is 25.0 Å². The Hall–Kier alpha value is -8.14. The molecule has 3 nitrogen and oxygen atoms in total. The van der Waals surface area contributed by atoms with E-state index in [9.17, 15) is 0 Å². The van der Waals surface area contributed by atoms with Crippen LogP contribution < -0.4 is 4.90 Å². The predicted molar refractivity (Wildman–Crippen MR) is 269 cm³/mol. The average Bonchev–Trinajstić information content (AvgIpc) is 3.98. The lowest BCUT2D eigenvalue weighted by Crippen LogP contribution is -2.14. The van der Waals surface area contributed by atoms with Gasteiger partial charge in [0.25, 0.3) is 0 Å². The van der Waals surface area contributed by atoms with Crippen LogP contribution in [0.5, 0.6) is 0 Å². The van der Waals surface area contributed by atoms with Crippen molar-refractivity contribution in [1.29, 1.82) is 0 Å². The summed E-state index contributed by atoms with van der Waals surface area (Å²) < 4.78 is 9.34. The monoisotopic (exact) mass is 818 g/mol. The Morgan fingerprint density at radius 1 is 0.422 bits per heavy atom. The van der Waals surface area contributed by atoms with E-state index < -0.39 is 0 Å². The highest BCUT2D eigenvalue weighted by Gasteiger charge is 2.35.